The number of hydrogen-bond donors (Lipinski definition) is 0. The van der Waals surface area contributed by atoms with E-state index in [-0.39, 0.29) is 19.2 Å². The Balaban J connectivity index is 1.83. The number of aromatic nitrogens is 3. The molecule has 3 rings (SSSR count). The fourth-order valence-electron chi connectivity index (χ4n) is 2.82. The summed E-state index contributed by atoms with van der Waals surface area (Å²) in [4.78, 5) is 27.7. The van der Waals surface area contributed by atoms with E-state index in [2.05, 4.69) is 4.98 Å². The van der Waals surface area contributed by atoms with Crippen molar-refractivity contribution in [1.29, 1.82) is 0 Å². The Morgan fingerprint density at radius 2 is 1.96 bits per heavy atom. The lowest BCUT2D eigenvalue weighted by atomic mass is 10.3. The van der Waals surface area contributed by atoms with Gasteiger partial charge in [0.1, 0.15) is 11.9 Å². The molecule has 1 aliphatic heterocycles. The van der Waals surface area contributed by atoms with Crippen LogP contribution < -0.4 is 16.0 Å². The van der Waals surface area contributed by atoms with Crippen molar-refractivity contribution in [2.24, 2.45) is 14.1 Å². The second kappa shape index (κ2) is 6.69. The second-order valence-electron chi connectivity index (χ2n) is 6.28. The van der Waals surface area contributed by atoms with Crippen LogP contribution in [0.25, 0.3) is 0 Å². The number of ether oxygens (including phenoxy) is 1. The van der Waals surface area contributed by atoms with Gasteiger partial charge in [0.2, 0.25) is 10.0 Å². The van der Waals surface area contributed by atoms with Crippen LogP contribution in [-0.2, 0) is 24.1 Å². The molecular weight excluding hydrogens is 360 g/mol. The number of rotatable bonds is 4. The van der Waals surface area contributed by atoms with Gasteiger partial charge in [0.25, 0.3) is 5.56 Å². The maximum atomic E-state index is 12.8. The van der Waals surface area contributed by atoms with Crippen molar-refractivity contribution < 1.29 is 13.2 Å². The summed E-state index contributed by atoms with van der Waals surface area (Å²) in [5, 5.41) is 0. The summed E-state index contributed by atoms with van der Waals surface area (Å²) in [7, 11) is -1.36. The van der Waals surface area contributed by atoms with Crippen molar-refractivity contribution in [2.75, 3.05) is 13.1 Å². The predicted octanol–water partition coefficient (Wildman–Crippen LogP) is -0.371. The van der Waals surface area contributed by atoms with Crippen molar-refractivity contribution in [2.45, 2.75) is 24.3 Å². The average molecular weight is 380 g/mol. The van der Waals surface area contributed by atoms with Gasteiger partial charge in [-0.1, -0.05) is 0 Å². The summed E-state index contributed by atoms with van der Waals surface area (Å²) >= 11 is 0. The quantitative estimate of drug-likeness (QED) is 0.717. The van der Waals surface area contributed by atoms with Crippen molar-refractivity contribution in [3.05, 3.63) is 51.1 Å². The SMILES string of the molecule is Cc1ccc(OC2CCN(S(=O)(=O)c3cn(C)c(=O)n(C)c3=O)C2)cn1. The maximum Gasteiger partial charge on any atom is 0.330 e. The smallest absolute Gasteiger partial charge is 0.330 e. The Kier molecular flexibility index (Phi) is 4.72. The van der Waals surface area contributed by atoms with Crippen molar-refractivity contribution in [3.63, 3.8) is 0 Å². The molecule has 26 heavy (non-hydrogen) atoms. The molecule has 2 aromatic rings. The minimum absolute atomic E-state index is 0.127. The molecule has 1 saturated heterocycles. The van der Waals surface area contributed by atoms with Crippen LogP contribution >= 0.6 is 0 Å². The molecule has 1 unspecified atom stereocenters. The number of aryl methyl sites for hydroxylation is 2. The summed E-state index contributed by atoms with van der Waals surface area (Å²) in [6.45, 7) is 2.22. The lowest BCUT2D eigenvalue weighted by Crippen LogP contribution is -2.42. The molecule has 0 spiro atoms. The first kappa shape index (κ1) is 18.3. The van der Waals surface area contributed by atoms with Crippen molar-refractivity contribution in [3.8, 4) is 5.75 Å². The molecule has 0 bridgehead atoms. The van der Waals surface area contributed by atoms with E-state index in [0.717, 1.165) is 21.0 Å². The Morgan fingerprint density at radius 1 is 1.23 bits per heavy atom. The second-order valence-corrected chi connectivity index (χ2v) is 8.18. The zero-order chi connectivity index (χ0) is 19.1. The van der Waals surface area contributed by atoms with Crippen molar-refractivity contribution >= 4 is 10.0 Å². The molecule has 0 aliphatic carbocycles. The third-order valence-electron chi connectivity index (χ3n) is 4.33. The Hall–Kier alpha value is -2.46. The largest absolute Gasteiger partial charge is 0.487 e. The molecule has 0 N–H and O–H groups in total. The van der Waals surface area contributed by atoms with E-state index in [1.54, 1.807) is 12.3 Å². The van der Waals surface area contributed by atoms with E-state index in [9.17, 15) is 18.0 Å². The monoisotopic (exact) mass is 380 g/mol. The van der Waals surface area contributed by atoms with E-state index in [4.69, 9.17) is 4.74 Å². The molecule has 0 saturated carbocycles. The molecule has 2 aromatic heterocycles. The van der Waals surface area contributed by atoms with Crippen LogP contribution in [-0.4, -0.2) is 46.0 Å². The molecule has 3 heterocycles. The fourth-order valence-corrected chi connectivity index (χ4v) is 4.46. The van der Waals surface area contributed by atoms with Crippen LogP contribution in [0.2, 0.25) is 0 Å². The maximum absolute atomic E-state index is 12.8. The lowest BCUT2D eigenvalue weighted by Gasteiger charge is -2.17. The topological polar surface area (TPSA) is 103 Å². The van der Waals surface area contributed by atoms with Gasteiger partial charge in [-0.05, 0) is 25.5 Å². The van der Waals surface area contributed by atoms with Crippen LogP contribution in [0.4, 0.5) is 0 Å². The van der Waals surface area contributed by atoms with Gasteiger partial charge in [-0.2, -0.15) is 4.31 Å². The summed E-state index contributed by atoms with van der Waals surface area (Å²) < 4.78 is 34.5. The minimum Gasteiger partial charge on any atom is -0.487 e. The summed E-state index contributed by atoms with van der Waals surface area (Å²) in [6, 6.07) is 3.59. The predicted molar refractivity (Wildman–Crippen MR) is 93.7 cm³/mol. The van der Waals surface area contributed by atoms with E-state index in [1.165, 1.54) is 18.4 Å². The molecule has 1 fully saturated rings. The first-order valence-corrected chi connectivity index (χ1v) is 9.50. The summed E-state index contributed by atoms with van der Waals surface area (Å²) in [5.41, 5.74) is -0.554. The molecule has 1 atom stereocenters. The average Bonchev–Trinajstić information content (AvgIpc) is 3.07. The van der Waals surface area contributed by atoms with Gasteiger partial charge in [0.05, 0.1) is 12.7 Å². The minimum atomic E-state index is -4.02. The Morgan fingerprint density at radius 3 is 2.62 bits per heavy atom. The van der Waals surface area contributed by atoms with Crippen molar-refractivity contribution in [1.82, 2.24) is 18.4 Å². The zero-order valence-electron chi connectivity index (χ0n) is 14.7. The van der Waals surface area contributed by atoms with Gasteiger partial charge in [-0.25, -0.2) is 13.2 Å². The standard InChI is InChI=1S/C16H20N4O5S/c1-11-4-5-12(8-17-11)25-13-6-7-20(9-13)26(23,24)14-10-18(2)16(22)19(3)15(14)21/h4-5,8,10,13H,6-7,9H2,1-3H3. The van der Waals surface area contributed by atoms with Crippen LogP contribution in [0, 0.1) is 6.92 Å². The molecule has 0 amide bonds. The highest BCUT2D eigenvalue weighted by molar-refractivity contribution is 7.89. The molecular formula is C16H20N4O5S. The zero-order valence-corrected chi connectivity index (χ0v) is 15.6. The molecule has 9 nitrogen and oxygen atoms in total. The fraction of sp³-hybridized carbons (Fsp3) is 0.438. The summed E-state index contributed by atoms with van der Waals surface area (Å²) in [5.74, 6) is 0.567. The van der Waals surface area contributed by atoms with Gasteiger partial charge in [-0.15, -0.1) is 0 Å². The Bertz CT molecular complexity index is 1040. The number of nitrogens with zero attached hydrogens (tertiary/aromatic N) is 4. The van der Waals surface area contributed by atoms with Gasteiger partial charge in [0.15, 0.2) is 4.90 Å². The first-order valence-electron chi connectivity index (χ1n) is 8.06. The molecule has 0 radical (unpaired) electrons. The van der Waals surface area contributed by atoms with E-state index < -0.39 is 26.2 Å². The van der Waals surface area contributed by atoms with Gasteiger partial charge < -0.3 is 9.30 Å². The molecule has 1 aliphatic rings. The third kappa shape index (κ3) is 3.29. The third-order valence-corrected chi connectivity index (χ3v) is 6.17. The summed E-state index contributed by atoms with van der Waals surface area (Å²) in [6.07, 6.45) is 2.83. The lowest BCUT2D eigenvalue weighted by molar-refractivity contribution is 0.214. The normalized spacial score (nSPS) is 18.2. The number of hydrogen-bond acceptors (Lipinski definition) is 6. The highest BCUT2D eigenvalue weighted by Crippen LogP contribution is 2.22. The Labute approximate surface area is 150 Å². The highest BCUT2D eigenvalue weighted by Gasteiger charge is 2.36. The van der Waals surface area contributed by atoms with Gasteiger partial charge in [0, 0.05) is 32.5 Å². The van der Waals surface area contributed by atoms with E-state index >= 15 is 0 Å². The van der Waals surface area contributed by atoms with Crippen LogP contribution in [0.15, 0.2) is 39.0 Å². The number of pyridine rings is 1. The molecule has 10 heteroatoms. The van der Waals surface area contributed by atoms with Crippen LogP contribution in [0.1, 0.15) is 12.1 Å². The van der Waals surface area contributed by atoms with Crippen LogP contribution in [0.5, 0.6) is 5.75 Å². The highest BCUT2D eigenvalue weighted by atomic mass is 32.2. The van der Waals surface area contributed by atoms with Gasteiger partial charge >= 0.3 is 5.69 Å². The van der Waals surface area contributed by atoms with E-state index in [0.29, 0.717) is 12.2 Å². The van der Waals surface area contributed by atoms with Gasteiger partial charge in [-0.3, -0.25) is 14.3 Å². The van der Waals surface area contributed by atoms with E-state index in [1.807, 2.05) is 13.0 Å². The van der Waals surface area contributed by atoms with Crippen LogP contribution in [0.3, 0.4) is 0 Å². The first-order chi connectivity index (χ1) is 12.2. The molecule has 0 aromatic carbocycles. The molecule has 140 valence electrons. The number of sulfonamides is 1.